The van der Waals surface area contributed by atoms with Crippen LogP contribution in [0.4, 0.5) is 0 Å². The highest BCUT2D eigenvalue weighted by molar-refractivity contribution is 6.27. The molecule has 22 aromatic rings. The fourth-order valence-corrected chi connectivity index (χ4v) is 19.1. The summed E-state index contributed by atoms with van der Waals surface area (Å²) in [5.41, 5.74) is 30.0. The fourth-order valence-electron chi connectivity index (χ4n) is 19.1. The van der Waals surface area contributed by atoms with Crippen molar-refractivity contribution in [1.29, 1.82) is 0 Å². The molecule has 0 bridgehead atoms. The van der Waals surface area contributed by atoms with Crippen molar-refractivity contribution in [3.05, 3.63) is 385 Å². The molecular weight excluding hydrogens is 1290 g/mol. The number of furan rings is 2. The van der Waals surface area contributed by atoms with E-state index in [1.165, 1.54) is 121 Å². The highest BCUT2D eigenvalue weighted by atomic mass is 16.3. The molecule has 6 heteroatoms. The molecule has 0 radical (unpaired) electrons. The zero-order valence-electron chi connectivity index (χ0n) is 58.1. The van der Waals surface area contributed by atoms with Crippen molar-refractivity contribution < 1.29 is 8.83 Å². The van der Waals surface area contributed by atoms with Crippen molar-refractivity contribution in [2.45, 2.75) is 24.7 Å². The van der Waals surface area contributed by atoms with Gasteiger partial charge in [0.15, 0.2) is 11.2 Å². The van der Waals surface area contributed by atoms with E-state index in [0.717, 1.165) is 88.5 Å². The first kappa shape index (κ1) is 58.9. The molecule has 0 spiro atoms. The first-order valence-electron chi connectivity index (χ1n) is 36.7. The molecule has 0 atom stereocenters. The smallest absolute Gasteiger partial charge is 0.160 e. The summed E-state index contributed by atoms with van der Waals surface area (Å²) >= 11 is 0. The second kappa shape index (κ2) is 21.9. The van der Waals surface area contributed by atoms with E-state index in [9.17, 15) is 0 Å². The third-order valence-electron chi connectivity index (χ3n) is 23.7. The minimum atomic E-state index is -0.492. The fraction of sp³-hybridized carbons (Fsp3) is 0.0400. The first-order valence-corrected chi connectivity index (χ1v) is 36.7. The van der Waals surface area contributed by atoms with E-state index in [1.807, 2.05) is 12.1 Å². The van der Waals surface area contributed by atoms with Crippen LogP contribution >= 0.6 is 0 Å². The largest absolute Gasteiger partial charge is 0.454 e. The van der Waals surface area contributed by atoms with Gasteiger partial charge >= 0.3 is 0 Å². The molecule has 0 aliphatic heterocycles. The summed E-state index contributed by atoms with van der Waals surface area (Å²) in [6, 6.07) is 129. The molecule has 2 aliphatic rings. The van der Waals surface area contributed by atoms with Gasteiger partial charge in [-0.1, -0.05) is 257 Å². The van der Waals surface area contributed by atoms with Gasteiger partial charge in [0, 0.05) is 92.8 Å². The number of aromatic nitrogens is 4. The molecule has 106 heavy (non-hydrogen) atoms. The minimum absolute atomic E-state index is 0.0777. The molecule has 16 aromatic carbocycles. The topological polar surface area (TPSA) is 46.0 Å². The van der Waals surface area contributed by atoms with Crippen molar-refractivity contribution in [3.8, 4) is 45.0 Å². The van der Waals surface area contributed by atoms with E-state index < -0.39 is 5.41 Å². The predicted molar refractivity (Wildman–Crippen MR) is 440 cm³/mol. The number of nitrogens with zero attached hydrogens (tertiary/aromatic N) is 4. The highest BCUT2D eigenvalue weighted by Crippen LogP contribution is 2.58. The Bertz CT molecular complexity index is 7430. The summed E-state index contributed by atoms with van der Waals surface area (Å²) < 4.78 is 23.2. The van der Waals surface area contributed by atoms with Gasteiger partial charge in [-0.2, -0.15) is 0 Å². The molecule has 24 rings (SSSR count). The second-order valence-electron chi connectivity index (χ2n) is 29.4. The van der Waals surface area contributed by atoms with Crippen molar-refractivity contribution >= 4 is 131 Å². The van der Waals surface area contributed by atoms with Gasteiger partial charge in [0.2, 0.25) is 0 Å². The number of para-hydroxylation sites is 6. The zero-order valence-corrected chi connectivity index (χ0v) is 58.1. The van der Waals surface area contributed by atoms with Crippen LogP contribution in [0.5, 0.6) is 0 Å². The van der Waals surface area contributed by atoms with Gasteiger partial charge in [0.25, 0.3) is 0 Å². The van der Waals surface area contributed by atoms with Gasteiger partial charge in [-0.05, 0) is 165 Å². The van der Waals surface area contributed by atoms with Crippen molar-refractivity contribution in [2.24, 2.45) is 0 Å². The molecule has 0 saturated carbocycles. The molecular formula is C100H64N4O2. The SMILES string of the molecule is CC1(C)c2ccccc2-c2ccc(-n3c4ccccc4c4cc5c6ccc7c8ccccc8oc7c6n(-c6ccccc6)c5cc43)cc21.c1ccc(-n2c3cc4c(cc3c3ccc5c6ccccc6oc5c32)c2ccccc2n4-c2ccc3c(c2)C(c2ccccc2)(c2ccccc2)c2ccccc2-3)cc1. The lowest BCUT2D eigenvalue weighted by molar-refractivity contribution is 0.660. The summed E-state index contributed by atoms with van der Waals surface area (Å²) in [5, 5.41) is 14.3. The quantitative estimate of drug-likeness (QED) is 0.167. The summed E-state index contributed by atoms with van der Waals surface area (Å²) in [7, 11) is 0. The Kier molecular flexibility index (Phi) is 12.2. The normalized spacial score (nSPS) is 13.5. The van der Waals surface area contributed by atoms with Crippen LogP contribution in [0.2, 0.25) is 0 Å². The predicted octanol–water partition coefficient (Wildman–Crippen LogP) is 26.2. The third-order valence-corrected chi connectivity index (χ3v) is 23.7. The Morgan fingerprint density at radius 3 is 1.08 bits per heavy atom. The van der Waals surface area contributed by atoms with E-state index in [4.69, 9.17) is 8.83 Å². The van der Waals surface area contributed by atoms with Crippen LogP contribution in [0.15, 0.2) is 361 Å². The average molecular weight is 1350 g/mol. The van der Waals surface area contributed by atoms with Gasteiger partial charge < -0.3 is 27.1 Å². The molecule has 0 unspecified atom stereocenters. The lowest BCUT2D eigenvalue weighted by atomic mass is 9.67. The summed E-state index contributed by atoms with van der Waals surface area (Å²) in [4.78, 5) is 0. The maximum Gasteiger partial charge on any atom is 0.160 e. The van der Waals surface area contributed by atoms with Crippen LogP contribution < -0.4 is 0 Å². The number of fused-ring (bicyclic) bond motifs is 26. The van der Waals surface area contributed by atoms with Crippen molar-refractivity contribution in [2.75, 3.05) is 0 Å². The molecule has 6 heterocycles. The van der Waals surface area contributed by atoms with Gasteiger partial charge in [-0.15, -0.1) is 0 Å². The maximum atomic E-state index is 6.74. The van der Waals surface area contributed by atoms with Crippen LogP contribution in [0, 0.1) is 0 Å². The summed E-state index contributed by atoms with van der Waals surface area (Å²) in [6.45, 7) is 4.71. The second-order valence-corrected chi connectivity index (χ2v) is 29.4. The van der Waals surface area contributed by atoms with E-state index >= 15 is 0 Å². The molecule has 0 N–H and O–H groups in total. The van der Waals surface area contributed by atoms with Crippen molar-refractivity contribution in [1.82, 2.24) is 18.3 Å². The zero-order chi connectivity index (χ0) is 69.7. The Morgan fingerprint density at radius 2 is 0.575 bits per heavy atom. The Hall–Kier alpha value is -13.7. The van der Waals surface area contributed by atoms with Crippen LogP contribution in [0.1, 0.15) is 47.2 Å². The summed E-state index contributed by atoms with van der Waals surface area (Å²) in [6.07, 6.45) is 0. The number of hydrogen-bond donors (Lipinski definition) is 0. The van der Waals surface area contributed by atoms with Crippen LogP contribution in [0.25, 0.3) is 176 Å². The van der Waals surface area contributed by atoms with Gasteiger partial charge in [-0.3, -0.25) is 0 Å². The number of rotatable bonds is 6. The Labute approximate surface area is 609 Å². The van der Waals surface area contributed by atoms with Gasteiger partial charge in [0.1, 0.15) is 11.2 Å². The average Bonchev–Trinajstić information content (AvgIpc) is 1.53. The van der Waals surface area contributed by atoms with E-state index in [-0.39, 0.29) is 5.41 Å². The molecule has 6 aromatic heterocycles. The molecule has 0 amide bonds. The van der Waals surface area contributed by atoms with Gasteiger partial charge in [0.05, 0.1) is 49.5 Å². The lowest BCUT2D eigenvalue weighted by Gasteiger charge is -2.34. The summed E-state index contributed by atoms with van der Waals surface area (Å²) in [5.74, 6) is 0. The van der Waals surface area contributed by atoms with Crippen molar-refractivity contribution in [3.63, 3.8) is 0 Å². The van der Waals surface area contributed by atoms with Gasteiger partial charge in [-0.25, -0.2) is 0 Å². The molecule has 6 nitrogen and oxygen atoms in total. The molecule has 496 valence electrons. The number of hydrogen-bond acceptors (Lipinski definition) is 2. The Balaban J connectivity index is 0.000000131. The molecule has 0 fully saturated rings. The third kappa shape index (κ3) is 7.99. The first-order chi connectivity index (χ1) is 52.4. The Morgan fingerprint density at radius 1 is 0.217 bits per heavy atom. The molecule has 0 saturated heterocycles. The van der Waals surface area contributed by atoms with Crippen LogP contribution in [0.3, 0.4) is 0 Å². The highest BCUT2D eigenvalue weighted by Gasteiger charge is 2.46. The van der Waals surface area contributed by atoms with E-state index in [1.54, 1.807) is 0 Å². The maximum absolute atomic E-state index is 6.74. The standard InChI is InChI=1S/C55H34N2O.C45H30N2O/c1-4-16-35(17-5-1)55(36-18-6-2-7-19-36)47-25-13-10-22-39(47)40-29-28-38(32-48(40)55)56-49-26-14-11-23-41(49)45-33-46-43-30-31-44-42-24-12-15-27-52(42)58-54(44)53(43)57(51(46)34-50(45)56)37-20-8-3-9-21-37;1-45(2)37-17-9-6-14-29(37)30-21-20-28(24-38(30)45)46-39-18-10-7-15-31(39)35-25-36-33-22-23-34-32-16-8-11-19-42(32)48-44(34)43(33)47(41(36)26-40(35)46)27-12-4-3-5-13-27/h1-34H;3-26H,1-2H3. The van der Waals surface area contributed by atoms with Crippen LogP contribution in [-0.2, 0) is 10.8 Å². The van der Waals surface area contributed by atoms with E-state index in [0.29, 0.717) is 0 Å². The minimum Gasteiger partial charge on any atom is -0.454 e. The molecule has 2 aliphatic carbocycles. The lowest BCUT2D eigenvalue weighted by Crippen LogP contribution is -2.28. The van der Waals surface area contributed by atoms with E-state index in [2.05, 4.69) is 372 Å². The number of benzene rings is 16. The van der Waals surface area contributed by atoms with Crippen LogP contribution in [-0.4, -0.2) is 18.3 Å². The monoisotopic (exact) mass is 1350 g/mol.